The first-order valence-corrected chi connectivity index (χ1v) is 7.07. The molecule has 0 unspecified atom stereocenters. The van der Waals surface area contributed by atoms with E-state index in [1.54, 1.807) is 13.8 Å². The van der Waals surface area contributed by atoms with Gasteiger partial charge in [0.1, 0.15) is 0 Å². The molecule has 0 aliphatic heterocycles. The van der Waals surface area contributed by atoms with Crippen LogP contribution in [0.4, 0.5) is 0 Å². The number of hydrogen-bond donors (Lipinski definition) is 0. The van der Waals surface area contributed by atoms with E-state index in [0.29, 0.717) is 0 Å². The summed E-state index contributed by atoms with van der Waals surface area (Å²) in [5.74, 6) is -0.361. The van der Waals surface area contributed by atoms with E-state index in [-0.39, 0.29) is 12.1 Å². The van der Waals surface area contributed by atoms with Crippen molar-refractivity contribution in [3.05, 3.63) is 12.7 Å². The zero-order valence-electron chi connectivity index (χ0n) is 12.9. The van der Waals surface area contributed by atoms with Gasteiger partial charge in [-0.15, -0.1) is 0 Å². The zero-order chi connectivity index (χ0) is 14.4. The molecule has 0 radical (unpaired) electrons. The van der Waals surface area contributed by atoms with Crippen molar-refractivity contribution in [3.8, 4) is 0 Å². The second kappa shape index (κ2) is 14.2. The zero-order valence-corrected chi connectivity index (χ0v) is 12.9. The number of esters is 1. The van der Waals surface area contributed by atoms with E-state index in [9.17, 15) is 4.79 Å². The molecule has 18 heavy (non-hydrogen) atoms. The van der Waals surface area contributed by atoms with Crippen molar-refractivity contribution in [3.63, 3.8) is 0 Å². The summed E-state index contributed by atoms with van der Waals surface area (Å²) < 4.78 is 4.64. The molecule has 3 nitrogen and oxygen atoms in total. The standard InChI is InChI=1S/C9H21N.C6H10O2/c1-4-7-10(8-5-2)9-6-3;1-4-6(7)8-5(2)3/h4-9H2,1-3H3;4-5H,1H2,2-3H3. The summed E-state index contributed by atoms with van der Waals surface area (Å²) in [4.78, 5) is 12.8. The predicted octanol–water partition coefficient (Wildman–Crippen LogP) is 3.64. The number of ether oxygens (including phenoxy) is 1. The Morgan fingerprint density at radius 3 is 1.67 bits per heavy atom. The summed E-state index contributed by atoms with van der Waals surface area (Å²) in [6.45, 7) is 17.4. The predicted molar refractivity (Wildman–Crippen MR) is 78.7 cm³/mol. The Hall–Kier alpha value is -0.830. The summed E-state index contributed by atoms with van der Waals surface area (Å²) in [5.41, 5.74) is 0. The molecule has 0 saturated carbocycles. The van der Waals surface area contributed by atoms with Crippen LogP contribution in [0.5, 0.6) is 0 Å². The molecule has 0 saturated heterocycles. The molecule has 0 fully saturated rings. The molecule has 0 spiro atoms. The van der Waals surface area contributed by atoms with E-state index in [0.717, 1.165) is 6.08 Å². The van der Waals surface area contributed by atoms with E-state index in [1.807, 2.05) is 0 Å². The van der Waals surface area contributed by atoms with Crippen LogP contribution in [0.1, 0.15) is 53.9 Å². The minimum absolute atomic E-state index is 0.0412. The first kappa shape index (κ1) is 19.5. The lowest BCUT2D eigenvalue weighted by Gasteiger charge is -2.19. The molecule has 0 aromatic rings. The smallest absolute Gasteiger partial charge is 0.330 e. The minimum Gasteiger partial charge on any atom is -0.460 e. The molecule has 3 heteroatoms. The van der Waals surface area contributed by atoms with Crippen molar-refractivity contribution in [1.82, 2.24) is 4.90 Å². The van der Waals surface area contributed by atoms with Crippen LogP contribution < -0.4 is 0 Å². The number of carbonyl (C=O) groups excluding carboxylic acids is 1. The van der Waals surface area contributed by atoms with Gasteiger partial charge in [-0.25, -0.2) is 4.79 Å². The molecule has 0 bridgehead atoms. The normalized spacial score (nSPS) is 9.94. The Morgan fingerprint density at radius 1 is 1.11 bits per heavy atom. The third-order valence-corrected chi connectivity index (χ3v) is 2.14. The first-order valence-electron chi connectivity index (χ1n) is 7.07. The molecule has 0 rings (SSSR count). The molecule has 0 aliphatic rings. The fourth-order valence-corrected chi connectivity index (χ4v) is 1.56. The highest BCUT2D eigenvalue weighted by Crippen LogP contribution is 1.94. The second-order valence-electron chi connectivity index (χ2n) is 4.53. The van der Waals surface area contributed by atoms with Gasteiger partial charge in [0, 0.05) is 6.08 Å². The Kier molecular flexibility index (Phi) is 15.4. The largest absolute Gasteiger partial charge is 0.460 e. The van der Waals surface area contributed by atoms with Crippen LogP contribution in [0.3, 0.4) is 0 Å². The summed E-state index contributed by atoms with van der Waals surface area (Å²) in [5, 5.41) is 0. The molecule has 0 aromatic carbocycles. The highest BCUT2D eigenvalue weighted by atomic mass is 16.5. The van der Waals surface area contributed by atoms with Crippen molar-refractivity contribution >= 4 is 5.97 Å². The van der Waals surface area contributed by atoms with E-state index >= 15 is 0 Å². The molecule has 0 aliphatic carbocycles. The molecule has 0 aromatic heterocycles. The van der Waals surface area contributed by atoms with Gasteiger partial charge < -0.3 is 9.64 Å². The van der Waals surface area contributed by atoms with Crippen LogP contribution in [-0.4, -0.2) is 36.6 Å². The first-order chi connectivity index (χ1) is 8.51. The monoisotopic (exact) mass is 257 g/mol. The van der Waals surface area contributed by atoms with Gasteiger partial charge in [-0.3, -0.25) is 0 Å². The van der Waals surface area contributed by atoms with E-state index in [1.165, 1.54) is 38.9 Å². The Morgan fingerprint density at radius 2 is 1.50 bits per heavy atom. The maximum atomic E-state index is 10.3. The third kappa shape index (κ3) is 15.2. The highest BCUT2D eigenvalue weighted by Gasteiger charge is 1.98. The fourth-order valence-electron chi connectivity index (χ4n) is 1.56. The SMILES string of the molecule is C=CC(=O)OC(C)C.CCCN(CCC)CCC. The summed E-state index contributed by atoms with van der Waals surface area (Å²) in [6, 6.07) is 0. The van der Waals surface area contributed by atoms with Crippen LogP contribution in [0, 0.1) is 0 Å². The number of carbonyl (C=O) groups is 1. The maximum Gasteiger partial charge on any atom is 0.330 e. The minimum atomic E-state index is -0.361. The van der Waals surface area contributed by atoms with Gasteiger partial charge in [-0.1, -0.05) is 27.4 Å². The van der Waals surface area contributed by atoms with E-state index in [2.05, 4.69) is 37.0 Å². The molecular formula is C15H31NO2. The van der Waals surface area contributed by atoms with Crippen LogP contribution in [0.25, 0.3) is 0 Å². The van der Waals surface area contributed by atoms with Crippen LogP contribution in [-0.2, 0) is 9.53 Å². The van der Waals surface area contributed by atoms with Crippen molar-refractivity contribution in [2.75, 3.05) is 19.6 Å². The molecule has 0 amide bonds. The maximum absolute atomic E-state index is 10.3. The summed E-state index contributed by atoms with van der Waals surface area (Å²) in [7, 11) is 0. The average molecular weight is 257 g/mol. The van der Waals surface area contributed by atoms with Crippen molar-refractivity contribution in [1.29, 1.82) is 0 Å². The van der Waals surface area contributed by atoms with E-state index < -0.39 is 0 Å². The van der Waals surface area contributed by atoms with Crippen molar-refractivity contribution in [2.45, 2.75) is 60.0 Å². The molecule has 0 N–H and O–H groups in total. The molecule has 108 valence electrons. The third-order valence-electron chi connectivity index (χ3n) is 2.14. The van der Waals surface area contributed by atoms with Crippen LogP contribution in [0.2, 0.25) is 0 Å². The Balaban J connectivity index is 0. The van der Waals surface area contributed by atoms with Gasteiger partial charge in [0.2, 0.25) is 0 Å². The van der Waals surface area contributed by atoms with Crippen molar-refractivity contribution < 1.29 is 9.53 Å². The topological polar surface area (TPSA) is 29.5 Å². The molecule has 0 atom stereocenters. The van der Waals surface area contributed by atoms with Gasteiger partial charge in [-0.05, 0) is 52.7 Å². The second-order valence-corrected chi connectivity index (χ2v) is 4.53. The Labute approximate surface area is 113 Å². The van der Waals surface area contributed by atoms with Gasteiger partial charge >= 0.3 is 5.97 Å². The number of hydrogen-bond acceptors (Lipinski definition) is 3. The lowest BCUT2D eigenvalue weighted by Crippen LogP contribution is -2.25. The van der Waals surface area contributed by atoms with Crippen LogP contribution >= 0.6 is 0 Å². The lowest BCUT2D eigenvalue weighted by atomic mass is 10.3. The van der Waals surface area contributed by atoms with Gasteiger partial charge in [0.05, 0.1) is 6.10 Å². The van der Waals surface area contributed by atoms with Gasteiger partial charge in [-0.2, -0.15) is 0 Å². The quantitative estimate of drug-likeness (QED) is 0.491. The van der Waals surface area contributed by atoms with Gasteiger partial charge in [0.15, 0.2) is 0 Å². The number of rotatable bonds is 8. The Bertz CT molecular complexity index is 188. The van der Waals surface area contributed by atoms with Crippen LogP contribution in [0.15, 0.2) is 12.7 Å². The average Bonchev–Trinajstić information content (AvgIpc) is 2.30. The summed E-state index contributed by atoms with van der Waals surface area (Å²) in [6.07, 6.45) is 4.99. The molecular weight excluding hydrogens is 226 g/mol. The lowest BCUT2D eigenvalue weighted by molar-refractivity contribution is -0.141. The highest BCUT2D eigenvalue weighted by molar-refractivity contribution is 5.81. The molecule has 0 heterocycles. The van der Waals surface area contributed by atoms with Crippen molar-refractivity contribution in [2.24, 2.45) is 0 Å². The van der Waals surface area contributed by atoms with Gasteiger partial charge in [0.25, 0.3) is 0 Å². The summed E-state index contributed by atoms with van der Waals surface area (Å²) >= 11 is 0. The fraction of sp³-hybridized carbons (Fsp3) is 0.800. The van der Waals surface area contributed by atoms with E-state index in [4.69, 9.17) is 0 Å². The number of nitrogens with zero attached hydrogens (tertiary/aromatic N) is 1.